The first-order valence-electron chi connectivity index (χ1n) is 13.1. The fourth-order valence-electron chi connectivity index (χ4n) is 9.53. The highest BCUT2D eigenvalue weighted by Crippen LogP contribution is 2.68. The molecule has 4 aliphatic carbocycles. The van der Waals surface area contributed by atoms with Crippen LogP contribution in [-0.2, 0) is 4.74 Å². The molecule has 0 aromatic rings. The van der Waals surface area contributed by atoms with E-state index in [1.54, 1.807) is 0 Å². The summed E-state index contributed by atoms with van der Waals surface area (Å²) in [6.07, 6.45) is 11.9. The van der Waals surface area contributed by atoms with Gasteiger partial charge in [0.15, 0.2) is 0 Å². The van der Waals surface area contributed by atoms with E-state index in [0.29, 0.717) is 40.6 Å². The van der Waals surface area contributed by atoms with Crippen LogP contribution in [0.2, 0.25) is 0 Å². The van der Waals surface area contributed by atoms with Crippen LogP contribution in [0, 0.1) is 46.3 Å². The van der Waals surface area contributed by atoms with Gasteiger partial charge in [0.2, 0.25) is 0 Å². The van der Waals surface area contributed by atoms with Gasteiger partial charge in [0.25, 0.3) is 0 Å². The molecule has 1 saturated heterocycles. The lowest BCUT2D eigenvalue weighted by atomic mass is 9.43. The van der Waals surface area contributed by atoms with Gasteiger partial charge in [-0.25, -0.2) is 0 Å². The fraction of sp³-hybridized carbons (Fsp3) is 1.00. The van der Waals surface area contributed by atoms with Gasteiger partial charge in [0.1, 0.15) is 0 Å². The van der Waals surface area contributed by atoms with Crippen molar-refractivity contribution < 1.29 is 14.9 Å². The summed E-state index contributed by atoms with van der Waals surface area (Å²) < 4.78 is 5.85. The van der Waals surface area contributed by atoms with Gasteiger partial charge in [0, 0.05) is 0 Å². The molecule has 5 aliphatic rings. The first kappa shape index (κ1) is 21.7. The monoisotopic (exact) mass is 418 g/mol. The lowest BCUT2D eigenvalue weighted by molar-refractivity contribution is -0.174. The van der Waals surface area contributed by atoms with Crippen molar-refractivity contribution in [3.8, 4) is 0 Å². The molecule has 3 heteroatoms. The summed E-state index contributed by atoms with van der Waals surface area (Å²) in [6.45, 7) is 12.0. The van der Waals surface area contributed by atoms with E-state index in [1.165, 1.54) is 38.5 Å². The minimum Gasteiger partial charge on any atom is -0.393 e. The van der Waals surface area contributed by atoms with E-state index in [0.717, 1.165) is 37.5 Å². The Kier molecular flexibility index (Phi) is 5.20. The normalized spacial score (nSPS) is 55.3. The zero-order valence-corrected chi connectivity index (χ0v) is 20.1. The number of rotatable bonds is 4. The van der Waals surface area contributed by atoms with Crippen molar-refractivity contribution in [2.75, 3.05) is 0 Å². The Labute approximate surface area is 184 Å². The number of aliphatic hydroxyl groups is 2. The Morgan fingerprint density at radius 3 is 2.27 bits per heavy atom. The van der Waals surface area contributed by atoms with Crippen LogP contribution >= 0.6 is 0 Å². The van der Waals surface area contributed by atoms with Crippen molar-refractivity contribution in [3.05, 3.63) is 0 Å². The summed E-state index contributed by atoms with van der Waals surface area (Å²) in [5.74, 6) is 3.91. The molecule has 2 N–H and O–H groups in total. The molecule has 4 unspecified atom stereocenters. The predicted octanol–water partition coefficient (Wildman–Crippen LogP) is 5.57. The predicted molar refractivity (Wildman–Crippen MR) is 120 cm³/mol. The van der Waals surface area contributed by atoms with E-state index < -0.39 is 0 Å². The van der Waals surface area contributed by atoms with Gasteiger partial charge in [-0.15, -0.1) is 0 Å². The van der Waals surface area contributed by atoms with Crippen molar-refractivity contribution in [2.24, 2.45) is 46.3 Å². The van der Waals surface area contributed by atoms with Crippen molar-refractivity contribution >= 4 is 0 Å². The minimum absolute atomic E-state index is 0.117. The van der Waals surface area contributed by atoms with E-state index in [9.17, 15) is 10.2 Å². The maximum atomic E-state index is 11.4. The Morgan fingerprint density at radius 2 is 1.57 bits per heavy atom. The third kappa shape index (κ3) is 3.24. The van der Waals surface area contributed by atoms with E-state index in [2.05, 4.69) is 34.6 Å². The number of fused-ring (bicyclic) bond motifs is 5. The van der Waals surface area contributed by atoms with Gasteiger partial charge in [-0.3, -0.25) is 0 Å². The Hall–Kier alpha value is -0.120. The molecule has 0 amide bonds. The second-order valence-corrected chi connectivity index (χ2v) is 13.2. The average Bonchev–Trinajstić information content (AvgIpc) is 3.13. The molecule has 4 saturated carbocycles. The van der Waals surface area contributed by atoms with E-state index in [-0.39, 0.29) is 17.8 Å². The Bertz CT molecular complexity index is 660. The molecule has 5 fully saturated rings. The van der Waals surface area contributed by atoms with E-state index in [4.69, 9.17) is 4.74 Å². The van der Waals surface area contributed by atoms with Gasteiger partial charge in [-0.05, 0) is 124 Å². The van der Waals surface area contributed by atoms with Crippen LogP contribution < -0.4 is 0 Å². The third-order valence-electron chi connectivity index (χ3n) is 11.5. The minimum atomic E-state index is -0.155. The van der Waals surface area contributed by atoms with E-state index >= 15 is 0 Å². The summed E-state index contributed by atoms with van der Waals surface area (Å²) in [7, 11) is 0. The molecule has 3 nitrogen and oxygen atoms in total. The third-order valence-corrected chi connectivity index (χ3v) is 11.5. The lowest BCUT2D eigenvalue weighted by Crippen LogP contribution is -2.58. The summed E-state index contributed by atoms with van der Waals surface area (Å²) in [5, 5.41) is 21.6. The standard InChI is InChI=1S/C27H46O3/c1-16(6-9-23-25(2,3)30-23)19-7-8-20-24-21(11-13-27(19,20)5)26(4)12-10-18(28)14-17(26)15-22(24)29/h16-24,28-29H,6-15H2,1-5H3/t16?,17-,18?,19-,20-,21-,22?,23?,24-,26-,27+/m0/s1. The van der Waals surface area contributed by atoms with Crippen LogP contribution in [0.15, 0.2) is 0 Å². The quantitative estimate of drug-likeness (QED) is 0.587. The van der Waals surface area contributed by atoms with Crippen LogP contribution in [0.25, 0.3) is 0 Å². The highest BCUT2D eigenvalue weighted by atomic mass is 16.6. The summed E-state index contributed by atoms with van der Waals surface area (Å²) in [4.78, 5) is 0. The SMILES string of the molecule is CC(CCC1OC1(C)C)[C@@H]1CC[C@H]2[C@@H]3C(O)C[C@@H]4CC(O)CC[C@]4(C)[C@H]3CC[C@]12C. The molecular weight excluding hydrogens is 372 g/mol. The number of hydrogen-bond acceptors (Lipinski definition) is 3. The average molecular weight is 419 g/mol. The Balaban J connectivity index is 1.32. The van der Waals surface area contributed by atoms with Crippen LogP contribution in [0.4, 0.5) is 0 Å². The number of epoxide rings is 1. The van der Waals surface area contributed by atoms with Gasteiger partial charge in [0.05, 0.1) is 23.9 Å². The van der Waals surface area contributed by atoms with Gasteiger partial charge >= 0.3 is 0 Å². The highest BCUT2D eigenvalue weighted by Gasteiger charge is 2.63. The number of aliphatic hydroxyl groups excluding tert-OH is 2. The van der Waals surface area contributed by atoms with Crippen LogP contribution in [0.5, 0.6) is 0 Å². The maximum Gasteiger partial charge on any atom is 0.0892 e. The molecule has 0 spiro atoms. The zero-order valence-electron chi connectivity index (χ0n) is 20.1. The summed E-state index contributed by atoms with van der Waals surface area (Å²) >= 11 is 0. The van der Waals surface area contributed by atoms with Crippen molar-refractivity contribution in [3.63, 3.8) is 0 Å². The molecule has 0 aromatic carbocycles. The molecule has 5 rings (SSSR count). The summed E-state index contributed by atoms with van der Waals surface area (Å²) in [5.41, 5.74) is 0.855. The molecule has 30 heavy (non-hydrogen) atoms. The fourth-order valence-corrected chi connectivity index (χ4v) is 9.53. The number of ether oxygens (including phenoxy) is 1. The molecule has 1 heterocycles. The zero-order chi connectivity index (χ0) is 21.5. The second-order valence-electron chi connectivity index (χ2n) is 13.2. The van der Waals surface area contributed by atoms with Crippen molar-refractivity contribution in [2.45, 2.75) is 123 Å². The highest BCUT2D eigenvalue weighted by molar-refractivity contribution is 5.12. The van der Waals surface area contributed by atoms with Gasteiger partial charge in [-0.2, -0.15) is 0 Å². The topological polar surface area (TPSA) is 53.0 Å². The molecular formula is C27H46O3. The van der Waals surface area contributed by atoms with Gasteiger partial charge < -0.3 is 14.9 Å². The van der Waals surface area contributed by atoms with Gasteiger partial charge in [-0.1, -0.05) is 20.8 Å². The molecule has 0 radical (unpaired) electrons. The first-order chi connectivity index (χ1) is 14.1. The molecule has 0 bridgehead atoms. The Morgan fingerprint density at radius 1 is 0.900 bits per heavy atom. The van der Waals surface area contributed by atoms with E-state index in [1.807, 2.05) is 0 Å². The van der Waals surface area contributed by atoms with Crippen LogP contribution in [0.3, 0.4) is 0 Å². The largest absolute Gasteiger partial charge is 0.393 e. The smallest absolute Gasteiger partial charge is 0.0892 e. The number of hydrogen-bond donors (Lipinski definition) is 2. The molecule has 1 aliphatic heterocycles. The van der Waals surface area contributed by atoms with Crippen molar-refractivity contribution in [1.82, 2.24) is 0 Å². The second kappa shape index (κ2) is 7.19. The summed E-state index contributed by atoms with van der Waals surface area (Å²) in [6, 6.07) is 0. The first-order valence-corrected chi connectivity index (χ1v) is 13.1. The van der Waals surface area contributed by atoms with Crippen molar-refractivity contribution in [1.29, 1.82) is 0 Å². The molecule has 172 valence electrons. The molecule has 0 aromatic heterocycles. The maximum absolute atomic E-state index is 11.4. The molecule has 11 atom stereocenters. The lowest BCUT2D eigenvalue weighted by Gasteiger charge is -2.62. The van der Waals surface area contributed by atoms with Crippen LogP contribution in [0.1, 0.15) is 98.8 Å². The van der Waals surface area contributed by atoms with Crippen LogP contribution in [-0.4, -0.2) is 34.1 Å².